The van der Waals surface area contributed by atoms with Gasteiger partial charge >= 0.3 is 12.4 Å². The minimum absolute atomic E-state index is 0.0551. The molecule has 0 saturated carbocycles. The summed E-state index contributed by atoms with van der Waals surface area (Å²) >= 11 is 0. The lowest BCUT2D eigenvalue weighted by molar-refractivity contribution is -0.143. The van der Waals surface area contributed by atoms with Crippen LogP contribution in [-0.2, 0) is 18.8 Å². The molecule has 0 bridgehead atoms. The highest BCUT2D eigenvalue weighted by Crippen LogP contribution is 2.38. The highest BCUT2D eigenvalue weighted by atomic mass is 19.4. The Balaban J connectivity index is 1.48. The second kappa shape index (κ2) is 11.0. The van der Waals surface area contributed by atoms with Crippen molar-refractivity contribution in [1.29, 1.82) is 0 Å². The van der Waals surface area contributed by atoms with Crippen LogP contribution in [0.2, 0.25) is 0 Å². The van der Waals surface area contributed by atoms with Gasteiger partial charge in [-0.2, -0.15) is 26.3 Å². The van der Waals surface area contributed by atoms with Crippen LogP contribution in [-0.4, -0.2) is 34.9 Å². The molecular formula is C28H24F6N2O3. The molecule has 0 aromatic heterocycles. The van der Waals surface area contributed by atoms with E-state index in [0.29, 0.717) is 31.1 Å². The molecule has 1 fully saturated rings. The summed E-state index contributed by atoms with van der Waals surface area (Å²) in [5, 5.41) is 12.1. The number of piperidine rings is 1. The van der Waals surface area contributed by atoms with Gasteiger partial charge in [-0.25, -0.2) is 0 Å². The van der Waals surface area contributed by atoms with Gasteiger partial charge in [0.05, 0.1) is 16.7 Å². The van der Waals surface area contributed by atoms with Crippen LogP contribution in [0.25, 0.3) is 0 Å². The van der Waals surface area contributed by atoms with Crippen molar-refractivity contribution in [3.8, 4) is 5.75 Å². The molecule has 1 saturated heterocycles. The zero-order valence-electron chi connectivity index (χ0n) is 20.4. The molecule has 206 valence electrons. The number of alkyl halides is 6. The van der Waals surface area contributed by atoms with Crippen molar-refractivity contribution in [3.05, 3.63) is 94.5 Å². The van der Waals surface area contributed by atoms with E-state index in [9.17, 15) is 41.0 Å². The van der Waals surface area contributed by atoms with Crippen LogP contribution in [0.1, 0.15) is 50.2 Å². The summed E-state index contributed by atoms with van der Waals surface area (Å²) in [5.41, 5.74) is -3.17. The highest BCUT2D eigenvalue weighted by molar-refractivity contribution is 6.08. The van der Waals surface area contributed by atoms with Crippen LogP contribution in [0.15, 0.2) is 66.7 Å². The summed E-state index contributed by atoms with van der Waals surface area (Å²) in [7, 11) is 0. The zero-order valence-corrected chi connectivity index (χ0v) is 20.4. The van der Waals surface area contributed by atoms with E-state index >= 15 is 0 Å². The Morgan fingerprint density at radius 2 is 1.44 bits per heavy atom. The number of phenols is 1. The third-order valence-electron chi connectivity index (χ3n) is 6.60. The van der Waals surface area contributed by atoms with Gasteiger partial charge in [0.25, 0.3) is 11.8 Å². The maximum absolute atomic E-state index is 13.2. The van der Waals surface area contributed by atoms with E-state index in [-0.39, 0.29) is 11.6 Å². The summed E-state index contributed by atoms with van der Waals surface area (Å²) in [4.78, 5) is 27.5. The van der Waals surface area contributed by atoms with Crippen LogP contribution in [0, 0.1) is 5.92 Å². The lowest BCUT2D eigenvalue weighted by Crippen LogP contribution is -2.39. The Hall–Kier alpha value is -4.02. The van der Waals surface area contributed by atoms with Gasteiger partial charge in [-0.1, -0.05) is 30.3 Å². The van der Waals surface area contributed by atoms with Gasteiger partial charge in [-0.15, -0.1) is 0 Å². The van der Waals surface area contributed by atoms with Gasteiger partial charge in [0, 0.05) is 24.3 Å². The fourth-order valence-electron chi connectivity index (χ4n) is 4.55. The number of carbonyl (C=O) groups is 2. The van der Waals surface area contributed by atoms with Crippen molar-refractivity contribution in [2.45, 2.75) is 31.6 Å². The van der Waals surface area contributed by atoms with Crippen LogP contribution < -0.4 is 5.32 Å². The monoisotopic (exact) mass is 550 g/mol. The van der Waals surface area contributed by atoms with E-state index in [2.05, 4.69) is 0 Å². The molecule has 11 heteroatoms. The Morgan fingerprint density at radius 1 is 0.846 bits per heavy atom. The molecule has 0 unspecified atom stereocenters. The normalized spacial score (nSPS) is 14.8. The van der Waals surface area contributed by atoms with E-state index in [1.807, 2.05) is 35.6 Å². The number of hydrogen-bond acceptors (Lipinski definition) is 3. The molecular weight excluding hydrogens is 526 g/mol. The Bertz CT molecular complexity index is 1320. The number of carbonyl (C=O) groups excluding carboxylic acids is 2. The minimum Gasteiger partial charge on any atom is -0.507 e. The summed E-state index contributed by atoms with van der Waals surface area (Å²) < 4.78 is 78.9. The van der Waals surface area contributed by atoms with E-state index in [4.69, 9.17) is 0 Å². The van der Waals surface area contributed by atoms with Crippen LogP contribution >= 0.6 is 0 Å². The Labute approximate surface area is 220 Å². The number of anilines is 1. The van der Waals surface area contributed by atoms with E-state index in [1.165, 1.54) is 11.6 Å². The summed E-state index contributed by atoms with van der Waals surface area (Å²) in [6.45, 7) is 0.951. The predicted molar refractivity (Wildman–Crippen MR) is 131 cm³/mol. The number of aromatic hydroxyl groups is 1. The summed E-state index contributed by atoms with van der Waals surface area (Å²) in [6.07, 6.45) is -7.77. The van der Waals surface area contributed by atoms with Gasteiger partial charge in [-0.05, 0) is 67.1 Å². The van der Waals surface area contributed by atoms with E-state index in [1.54, 1.807) is 4.90 Å². The number of amides is 2. The van der Waals surface area contributed by atoms with Gasteiger partial charge in [-0.3, -0.25) is 9.59 Å². The number of nitrogens with one attached hydrogen (secondary N) is 1. The molecule has 0 atom stereocenters. The first kappa shape index (κ1) is 28.0. The molecule has 3 aromatic carbocycles. The van der Waals surface area contributed by atoms with Crippen molar-refractivity contribution >= 4 is 17.5 Å². The SMILES string of the molecule is O=C(Nc1cc(C(F)(F)F)cc(C(F)(F)F)c1)c1cc(C(=O)N2CCC(Cc3ccccc3)CC2)ccc1O. The van der Waals surface area contributed by atoms with Crippen LogP contribution in [0.3, 0.4) is 0 Å². The van der Waals surface area contributed by atoms with Gasteiger partial charge in [0.1, 0.15) is 5.75 Å². The average Bonchev–Trinajstić information content (AvgIpc) is 2.88. The minimum atomic E-state index is -5.09. The number of likely N-dealkylation sites (tertiary alicyclic amines) is 1. The fourth-order valence-corrected chi connectivity index (χ4v) is 4.55. The molecule has 0 aliphatic carbocycles. The molecule has 2 amide bonds. The van der Waals surface area contributed by atoms with Gasteiger partial charge < -0.3 is 15.3 Å². The smallest absolute Gasteiger partial charge is 0.416 e. The number of phenolic OH excluding ortho intramolecular Hbond substituents is 1. The number of hydrogen-bond donors (Lipinski definition) is 2. The number of halogens is 6. The molecule has 5 nitrogen and oxygen atoms in total. The second-order valence-electron chi connectivity index (χ2n) is 9.41. The van der Waals surface area contributed by atoms with E-state index < -0.39 is 52.3 Å². The molecule has 1 heterocycles. The third-order valence-corrected chi connectivity index (χ3v) is 6.60. The van der Waals surface area contributed by atoms with Crippen LogP contribution in [0.4, 0.5) is 32.0 Å². The van der Waals surface area contributed by atoms with Crippen molar-refractivity contribution in [1.82, 2.24) is 4.90 Å². The number of rotatable bonds is 5. The predicted octanol–water partition coefficient (Wildman–Crippen LogP) is 6.78. The topological polar surface area (TPSA) is 69.6 Å². The number of nitrogens with zero attached hydrogens (tertiary/aromatic N) is 1. The summed E-state index contributed by atoms with van der Waals surface area (Å²) in [5.74, 6) is -1.77. The standard InChI is InChI=1S/C28H24F6N2O3/c29-27(30,31)20-14-21(28(32,33)34)16-22(15-20)35-25(38)23-13-19(6-7-24(23)37)26(39)36-10-8-18(9-11-36)12-17-4-2-1-3-5-17/h1-7,13-16,18,37H,8-12H2,(H,35,38). The van der Waals surface area contributed by atoms with Crippen molar-refractivity contribution in [3.63, 3.8) is 0 Å². The maximum Gasteiger partial charge on any atom is 0.416 e. The maximum atomic E-state index is 13.2. The summed E-state index contributed by atoms with van der Waals surface area (Å²) in [6, 6.07) is 14.1. The average molecular weight is 550 g/mol. The first-order chi connectivity index (χ1) is 18.3. The molecule has 4 rings (SSSR count). The largest absolute Gasteiger partial charge is 0.507 e. The first-order valence-corrected chi connectivity index (χ1v) is 12.1. The zero-order chi connectivity index (χ0) is 28.4. The lowest BCUT2D eigenvalue weighted by atomic mass is 9.90. The molecule has 1 aliphatic rings. The quantitative estimate of drug-likeness (QED) is 0.344. The van der Waals surface area contributed by atoms with Crippen molar-refractivity contribution in [2.24, 2.45) is 5.92 Å². The van der Waals surface area contributed by atoms with Crippen molar-refractivity contribution in [2.75, 3.05) is 18.4 Å². The van der Waals surface area contributed by atoms with Gasteiger partial charge in [0.15, 0.2) is 0 Å². The molecule has 1 aliphatic heterocycles. The third kappa shape index (κ3) is 6.90. The highest BCUT2D eigenvalue weighted by Gasteiger charge is 2.37. The molecule has 0 radical (unpaired) electrons. The first-order valence-electron chi connectivity index (χ1n) is 12.1. The molecule has 0 spiro atoms. The fraction of sp³-hybridized carbons (Fsp3) is 0.286. The van der Waals surface area contributed by atoms with Gasteiger partial charge in [0.2, 0.25) is 0 Å². The molecule has 3 aromatic rings. The Kier molecular flexibility index (Phi) is 7.89. The van der Waals surface area contributed by atoms with Crippen LogP contribution in [0.5, 0.6) is 5.75 Å². The Morgan fingerprint density at radius 3 is 2.00 bits per heavy atom. The van der Waals surface area contributed by atoms with E-state index in [0.717, 1.165) is 31.4 Å². The molecule has 2 N–H and O–H groups in total. The van der Waals surface area contributed by atoms with Crippen molar-refractivity contribution < 1.29 is 41.0 Å². The molecule has 39 heavy (non-hydrogen) atoms. The second-order valence-corrected chi connectivity index (χ2v) is 9.41. The lowest BCUT2D eigenvalue weighted by Gasteiger charge is -2.32. The number of benzene rings is 3.